The first-order valence-electron chi connectivity index (χ1n) is 20.8. The normalized spacial score (nSPS) is 11.6. The molecule has 0 amide bonds. The Kier molecular flexibility index (Phi) is 8.39. The van der Waals surface area contributed by atoms with Gasteiger partial charge in [0.05, 0.1) is 22.4 Å². The highest BCUT2D eigenvalue weighted by Crippen LogP contribution is 2.47. The van der Waals surface area contributed by atoms with E-state index in [2.05, 4.69) is 240 Å². The molecule has 0 aliphatic carbocycles. The molecule has 0 aliphatic heterocycles. The lowest BCUT2D eigenvalue weighted by Crippen LogP contribution is -2.11. The average Bonchev–Trinajstić information content (AvgIpc) is 3.88. The van der Waals surface area contributed by atoms with Crippen LogP contribution in [0.25, 0.3) is 91.8 Å². The molecule has 3 heteroatoms. The zero-order chi connectivity index (χ0) is 40.3. The molecule has 0 fully saturated rings. The molecule has 0 radical (unpaired) electrons. The molecule has 286 valence electrons. The van der Waals surface area contributed by atoms with Crippen LogP contribution in [0.3, 0.4) is 0 Å². The van der Waals surface area contributed by atoms with E-state index in [-0.39, 0.29) is 0 Å². The van der Waals surface area contributed by atoms with Crippen LogP contribution in [-0.4, -0.2) is 4.57 Å². The third-order valence-electron chi connectivity index (χ3n) is 12.2. The molecule has 10 aromatic carbocycles. The largest absolute Gasteiger partial charge is 0.310 e. The predicted octanol–water partition coefficient (Wildman–Crippen LogP) is 16.8. The minimum absolute atomic E-state index is 1.09. The van der Waals surface area contributed by atoms with Crippen molar-refractivity contribution in [2.75, 3.05) is 4.90 Å². The van der Waals surface area contributed by atoms with Crippen molar-refractivity contribution < 1.29 is 0 Å². The molecule has 0 saturated carbocycles. The van der Waals surface area contributed by atoms with E-state index in [0.29, 0.717) is 0 Å². The number of aromatic nitrogens is 1. The van der Waals surface area contributed by atoms with Gasteiger partial charge in [-0.3, -0.25) is 0 Å². The lowest BCUT2D eigenvalue weighted by molar-refractivity contribution is 1.18. The van der Waals surface area contributed by atoms with Crippen molar-refractivity contribution >= 4 is 81.1 Å². The van der Waals surface area contributed by atoms with Gasteiger partial charge in [0.15, 0.2) is 0 Å². The van der Waals surface area contributed by atoms with Crippen molar-refractivity contribution in [1.82, 2.24) is 4.57 Å². The number of hydrogen-bond donors (Lipinski definition) is 0. The minimum Gasteiger partial charge on any atom is -0.310 e. The predicted molar refractivity (Wildman–Crippen MR) is 262 cm³/mol. The number of thiophene rings is 1. The molecule has 12 aromatic rings. The summed E-state index contributed by atoms with van der Waals surface area (Å²) in [4.78, 5) is 2.43. The van der Waals surface area contributed by atoms with Crippen molar-refractivity contribution in [2.24, 2.45) is 0 Å². The summed E-state index contributed by atoms with van der Waals surface area (Å²) in [5, 5.41) is 7.54. The Morgan fingerprint density at radius 3 is 1.87 bits per heavy atom. The van der Waals surface area contributed by atoms with Gasteiger partial charge in [-0.05, 0) is 87.6 Å². The Bertz CT molecular complexity index is 3590. The van der Waals surface area contributed by atoms with Crippen LogP contribution in [-0.2, 0) is 0 Å². The van der Waals surface area contributed by atoms with Crippen LogP contribution in [0.2, 0.25) is 0 Å². The van der Waals surface area contributed by atoms with E-state index in [1.807, 2.05) is 11.3 Å². The van der Waals surface area contributed by atoms with E-state index in [0.717, 1.165) is 28.3 Å². The lowest BCUT2D eigenvalue weighted by Gasteiger charge is -2.28. The third-order valence-corrected chi connectivity index (χ3v) is 13.4. The number of hydrogen-bond acceptors (Lipinski definition) is 2. The highest BCUT2D eigenvalue weighted by atomic mass is 32.1. The smallest absolute Gasteiger partial charge is 0.0562 e. The number of para-hydroxylation sites is 3. The van der Waals surface area contributed by atoms with E-state index in [4.69, 9.17) is 0 Å². The molecule has 0 unspecified atom stereocenters. The first-order valence-corrected chi connectivity index (χ1v) is 21.7. The second-order valence-electron chi connectivity index (χ2n) is 15.6. The molecule has 0 spiro atoms. The summed E-state index contributed by atoms with van der Waals surface area (Å²) in [6.07, 6.45) is 0. The molecular formula is C58H38N2S. The summed E-state index contributed by atoms with van der Waals surface area (Å²) in [5.41, 5.74) is 14.0. The minimum atomic E-state index is 1.09. The zero-order valence-electron chi connectivity index (χ0n) is 33.2. The number of anilines is 3. The first kappa shape index (κ1) is 35.2. The fraction of sp³-hybridized carbons (Fsp3) is 0. The number of benzene rings is 10. The molecule has 0 aliphatic rings. The molecule has 2 heterocycles. The van der Waals surface area contributed by atoms with E-state index in [9.17, 15) is 0 Å². The molecule has 0 N–H and O–H groups in total. The van der Waals surface area contributed by atoms with Gasteiger partial charge in [-0.1, -0.05) is 176 Å². The Morgan fingerprint density at radius 2 is 0.984 bits per heavy atom. The van der Waals surface area contributed by atoms with Crippen LogP contribution < -0.4 is 4.90 Å². The fourth-order valence-corrected chi connectivity index (χ4v) is 10.7. The van der Waals surface area contributed by atoms with Gasteiger partial charge in [0.25, 0.3) is 0 Å². The molecule has 12 rings (SSSR count). The van der Waals surface area contributed by atoms with Gasteiger partial charge in [-0.25, -0.2) is 0 Å². The van der Waals surface area contributed by atoms with Crippen LogP contribution in [0.1, 0.15) is 0 Å². The van der Waals surface area contributed by atoms with Crippen molar-refractivity contribution in [3.05, 3.63) is 231 Å². The van der Waals surface area contributed by atoms with Gasteiger partial charge in [-0.2, -0.15) is 0 Å². The average molecular weight is 795 g/mol. The maximum absolute atomic E-state index is 2.47. The van der Waals surface area contributed by atoms with Gasteiger partial charge in [0.1, 0.15) is 0 Å². The van der Waals surface area contributed by atoms with Crippen molar-refractivity contribution in [3.8, 4) is 39.1 Å². The Balaban J connectivity index is 1.10. The van der Waals surface area contributed by atoms with Gasteiger partial charge in [0.2, 0.25) is 0 Å². The van der Waals surface area contributed by atoms with Crippen LogP contribution in [0, 0.1) is 0 Å². The van der Waals surface area contributed by atoms with Gasteiger partial charge in [-0.15, -0.1) is 11.3 Å². The van der Waals surface area contributed by atoms with Gasteiger partial charge < -0.3 is 9.47 Å². The Morgan fingerprint density at radius 1 is 0.344 bits per heavy atom. The maximum atomic E-state index is 2.47. The standard InChI is InChI=1S/C58H38N2S/c1-3-17-40(18-4-1)52-37-41(45-27-16-29-51-50-26-11-14-32-57(50)61-58(45)51)33-36-55(52)59(42-21-5-2-6-22-42)43-34-35-49-48-25-10-13-31-54(48)60(56(49)38-43)53-30-12-9-24-47(53)46-28-15-20-39-19-7-8-23-44(39)46/h1-38H. The van der Waals surface area contributed by atoms with Gasteiger partial charge >= 0.3 is 0 Å². The molecule has 0 bridgehead atoms. The molecule has 61 heavy (non-hydrogen) atoms. The summed E-state index contributed by atoms with van der Waals surface area (Å²) in [6.45, 7) is 0. The summed E-state index contributed by atoms with van der Waals surface area (Å²) in [6, 6.07) is 84.2. The van der Waals surface area contributed by atoms with Crippen LogP contribution >= 0.6 is 11.3 Å². The fourth-order valence-electron chi connectivity index (χ4n) is 9.44. The van der Waals surface area contributed by atoms with E-state index >= 15 is 0 Å². The topological polar surface area (TPSA) is 8.17 Å². The number of fused-ring (bicyclic) bond motifs is 7. The van der Waals surface area contributed by atoms with Crippen molar-refractivity contribution in [3.63, 3.8) is 0 Å². The Hall–Kier alpha value is -7.72. The maximum Gasteiger partial charge on any atom is 0.0562 e. The number of rotatable bonds is 7. The second-order valence-corrected chi connectivity index (χ2v) is 16.7. The van der Waals surface area contributed by atoms with Crippen LogP contribution in [0.4, 0.5) is 17.1 Å². The van der Waals surface area contributed by atoms with E-state index in [1.165, 1.54) is 80.6 Å². The third kappa shape index (κ3) is 5.85. The summed E-state index contributed by atoms with van der Waals surface area (Å²) in [5.74, 6) is 0. The lowest BCUT2D eigenvalue weighted by atomic mass is 9.95. The van der Waals surface area contributed by atoms with Crippen molar-refractivity contribution in [2.45, 2.75) is 0 Å². The molecular weight excluding hydrogens is 757 g/mol. The molecule has 2 nitrogen and oxygen atoms in total. The molecule has 2 aromatic heterocycles. The SMILES string of the molecule is c1ccc(-c2cc(-c3cccc4c3sc3ccccc34)ccc2N(c2ccccc2)c2ccc3c4ccccc4n(-c4ccccc4-c4cccc5ccccc45)c3c2)cc1. The van der Waals surface area contributed by atoms with Gasteiger partial charge in [0, 0.05) is 53.4 Å². The van der Waals surface area contributed by atoms with Crippen LogP contribution in [0.15, 0.2) is 231 Å². The van der Waals surface area contributed by atoms with E-state index < -0.39 is 0 Å². The highest BCUT2D eigenvalue weighted by molar-refractivity contribution is 7.26. The Labute approximate surface area is 358 Å². The quantitative estimate of drug-likeness (QED) is 0.156. The second kappa shape index (κ2) is 14.5. The summed E-state index contributed by atoms with van der Waals surface area (Å²) in [7, 11) is 0. The first-order chi connectivity index (χ1) is 30.3. The summed E-state index contributed by atoms with van der Waals surface area (Å²) >= 11 is 1.88. The number of nitrogens with zero attached hydrogens (tertiary/aromatic N) is 2. The van der Waals surface area contributed by atoms with Crippen LogP contribution in [0.5, 0.6) is 0 Å². The summed E-state index contributed by atoms with van der Waals surface area (Å²) < 4.78 is 5.10. The molecule has 0 atom stereocenters. The van der Waals surface area contributed by atoms with Crippen molar-refractivity contribution in [1.29, 1.82) is 0 Å². The van der Waals surface area contributed by atoms with E-state index in [1.54, 1.807) is 0 Å². The zero-order valence-corrected chi connectivity index (χ0v) is 34.1. The molecule has 0 saturated heterocycles. The highest BCUT2D eigenvalue weighted by Gasteiger charge is 2.22. The monoisotopic (exact) mass is 794 g/mol.